The highest BCUT2D eigenvalue weighted by Crippen LogP contribution is 2.28. The fourth-order valence-electron chi connectivity index (χ4n) is 2.70. The zero-order valence-electron chi connectivity index (χ0n) is 14.3. The van der Waals surface area contributed by atoms with E-state index in [0.29, 0.717) is 12.6 Å². The van der Waals surface area contributed by atoms with Gasteiger partial charge in [-0.15, -0.1) is 0 Å². The molecule has 4 heteroatoms. The fourth-order valence-corrected chi connectivity index (χ4v) is 2.70. The number of amides is 2. The van der Waals surface area contributed by atoms with Crippen molar-refractivity contribution < 1.29 is 9.59 Å². The van der Waals surface area contributed by atoms with Crippen LogP contribution in [0.1, 0.15) is 30.9 Å². The van der Waals surface area contributed by atoms with Gasteiger partial charge in [0, 0.05) is 31.3 Å². The van der Waals surface area contributed by atoms with E-state index in [1.807, 2.05) is 65.6 Å². The largest absolute Gasteiger partial charge is 0.332 e. The highest BCUT2D eigenvalue weighted by molar-refractivity contribution is 5.92. The minimum atomic E-state index is -0.0977. The molecule has 2 aromatic rings. The van der Waals surface area contributed by atoms with Crippen LogP contribution in [0.5, 0.6) is 0 Å². The molecule has 0 aromatic heterocycles. The summed E-state index contributed by atoms with van der Waals surface area (Å²) in [5.41, 5.74) is 2.83. The van der Waals surface area contributed by atoms with E-state index in [-0.39, 0.29) is 11.8 Å². The number of nitrogens with one attached hydrogen (secondary N) is 1. The Morgan fingerprint density at radius 3 is 2.36 bits per heavy atom. The summed E-state index contributed by atoms with van der Waals surface area (Å²) in [6, 6.07) is 17.9. The normalized spacial score (nSPS) is 13.6. The summed E-state index contributed by atoms with van der Waals surface area (Å²) in [5, 5.41) is 2.73. The van der Waals surface area contributed by atoms with E-state index < -0.39 is 0 Å². The van der Waals surface area contributed by atoms with Gasteiger partial charge in [-0.3, -0.25) is 9.59 Å². The second-order valence-electron chi connectivity index (χ2n) is 6.32. The minimum absolute atomic E-state index is 0.0392. The Labute approximate surface area is 148 Å². The van der Waals surface area contributed by atoms with Gasteiger partial charge < -0.3 is 10.2 Å². The monoisotopic (exact) mass is 334 g/mol. The van der Waals surface area contributed by atoms with Crippen molar-refractivity contribution >= 4 is 23.6 Å². The van der Waals surface area contributed by atoms with Crippen molar-refractivity contribution in [3.63, 3.8) is 0 Å². The molecule has 1 N–H and O–H groups in total. The predicted octanol–water partition coefficient (Wildman–Crippen LogP) is 3.85. The van der Waals surface area contributed by atoms with Crippen LogP contribution in [0.3, 0.4) is 0 Å². The lowest BCUT2D eigenvalue weighted by atomic mass is 10.1. The molecule has 0 heterocycles. The van der Waals surface area contributed by atoms with Crippen molar-refractivity contribution in [2.45, 2.75) is 32.4 Å². The molecule has 0 unspecified atom stereocenters. The fraction of sp³-hybridized carbons (Fsp3) is 0.238. The van der Waals surface area contributed by atoms with Crippen molar-refractivity contribution in [2.24, 2.45) is 0 Å². The molecule has 128 valence electrons. The summed E-state index contributed by atoms with van der Waals surface area (Å²) >= 11 is 0. The van der Waals surface area contributed by atoms with Gasteiger partial charge in [0.1, 0.15) is 0 Å². The van der Waals surface area contributed by atoms with Crippen LogP contribution in [0.25, 0.3) is 6.08 Å². The number of hydrogen-bond donors (Lipinski definition) is 1. The smallest absolute Gasteiger partial charge is 0.247 e. The van der Waals surface area contributed by atoms with E-state index >= 15 is 0 Å². The molecular formula is C21H22N2O2. The van der Waals surface area contributed by atoms with Crippen molar-refractivity contribution in [1.29, 1.82) is 0 Å². The summed E-state index contributed by atoms with van der Waals surface area (Å²) < 4.78 is 0. The van der Waals surface area contributed by atoms with Crippen LogP contribution in [0.15, 0.2) is 60.7 Å². The summed E-state index contributed by atoms with van der Waals surface area (Å²) in [5.74, 6) is -0.0586. The second kappa shape index (κ2) is 7.79. The van der Waals surface area contributed by atoms with Crippen molar-refractivity contribution in [1.82, 2.24) is 4.90 Å². The SMILES string of the molecule is CC(=O)Nc1ccc(/C=C/C(=O)N(Cc2ccccc2)C2CC2)cc1. The standard InChI is InChI=1S/C21H22N2O2/c1-16(24)22-19-10-7-17(8-11-19)9-14-21(25)23(20-12-13-20)15-18-5-3-2-4-6-18/h2-11,14,20H,12-13,15H2,1H3,(H,22,24)/b14-9+. The quantitative estimate of drug-likeness (QED) is 0.816. The molecule has 25 heavy (non-hydrogen) atoms. The van der Waals surface area contributed by atoms with E-state index in [0.717, 1.165) is 29.7 Å². The van der Waals surface area contributed by atoms with Gasteiger partial charge in [-0.2, -0.15) is 0 Å². The van der Waals surface area contributed by atoms with Crippen LogP contribution in [0, 0.1) is 0 Å². The highest BCUT2D eigenvalue weighted by atomic mass is 16.2. The molecule has 2 amide bonds. The average molecular weight is 334 g/mol. The first-order valence-electron chi connectivity index (χ1n) is 8.52. The second-order valence-corrected chi connectivity index (χ2v) is 6.32. The molecule has 1 saturated carbocycles. The van der Waals surface area contributed by atoms with Gasteiger partial charge in [0.05, 0.1) is 0 Å². The Balaban J connectivity index is 1.64. The lowest BCUT2D eigenvalue weighted by Gasteiger charge is -2.21. The summed E-state index contributed by atoms with van der Waals surface area (Å²) in [7, 11) is 0. The number of carbonyl (C=O) groups is 2. The number of nitrogens with zero attached hydrogens (tertiary/aromatic N) is 1. The van der Waals surface area contributed by atoms with Gasteiger partial charge in [-0.05, 0) is 42.2 Å². The molecule has 1 aliphatic rings. The van der Waals surface area contributed by atoms with Crippen LogP contribution in [0.2, 0.25) is 0 Å². The van der Waals surface area contributed by atoms with Crippen molar-refractivity contribution in [3.8, 4) is 0 Å². The first-order chi connectivity index (χ1) is 12.1. The lowest BCUT2D eigenvalue weighted by molar-refractivity contribution is -0.127. The number of rotatable bonds is 6. The summed E-state index contributed by atoms with van der Waals surface area (Å²) in [6.07, 6.45) is 5.62. The third-order valence-electron chi connectivity index (χ3n) is 4.12. The van der Waals surface area contributed by atoms with Gasteiger partial charge in [-0.25, -0.2) is 0 Å². The molecule has 2 aromatic carbocycles. The Kier molecular flexibility index (Phi) is 5.29. The topological polar surface area (TPSA) is 49.4 Å². The zero-order chi connectivity index (χ0) is 17.6. The highest BCUT2D eigenvalue weighted by Gasteiger charge is 2.31. The average Bonchev–Trinajstić information content (AvgIpc) is 3.44. The van der Waals surface area contributed by atoms with Crippen LogP contribution >= 0.6 is 0 Å². The van der Waals surface area contributed by atoms with Crippen LogP contribution in [-0.4, -0.2) is 22.8 Å². The van der Waals surface area contributed by atoms with Crippen LogP contribution in [0.4, 0.5) is 5.69 Å². The molecule has 0 radical (unpaired) electrons. The van der Waals surface area contributed by atoms with Gasteiger partial charge in [0.15, 0.2) is 0 Å². The molecule has 0 aliphatic heterocycles. The Bertz CT molecular complexity index is 762. The molecule has 0 atom stereocenters. The third-order valence-corrected chi connectivity index (χ3v) is 4.12. The van der Waals surface area contributed by atoms with Gasteiger partial charge >= 0.3 is 0 Å². The van der Waals surface area contributed by atoms with Gasteiger partial charge in [0.2, 0.25) is 11.8 Å². The Morgan fingerprint density at radius 2 is 1.76 bits per heavy atom. The first-order valence-corrected chi connectivity index (χ1v) is 8.52. The summed E-state index contributed by atoms with van der Waals surface area (Å²) in [4.78, 5) is 25.6. The van der Waals surface area contributed by atoms with Gasteiger partial charge in [-0.1, -0.05) is 42.5 Å². The maximum atomic E-state index is 12.6. The molecular weight excluding hydrogens is 312 g/mol. The van der Waals surface area contributed by atoms with E-state index in [1.165, 1.54) is 6.92 Å². The molecule has 1 aliphatic carbocycles. The Hall–Kier alpha value is -2.88. The molecule has 0 bridgehead atoms. The molecule has 0 saturated heterocycles. The van der Waals surface area contributed by atoms with E-state index in [9.17, 15) is 9.59 Å². The molecule has 3 rings (SSSR count). The maximum Gasteiger partial charge on any atom is 0.247 e. The molecule has 0 spiro atoms. The van der Waals surface area contributed by atoms with Crippen molar-refractivity contribution in [2.75, 3.05) is 5.32 Å². The summed E-state index contributed by atoms with van der Waals surface area (Å²) in [6.45, 7) is 2.13. The first kappa shape index (κ1) is 17.0. The maximum absolute atomic E-state index is 12.6. The van der Waals surface area contributed by atoms with E-state index in [1.54, 1.807) is 6.08 Å². The molecule has 1 fully saturated rings. The molecule has 4 nitrogen and oxygen atoms in total. The van der Waals surface area contributed by atoms with Crippen LogP contribution in [-0.2, 0) is 16.1 Å². The number of carbonyl (C=O) groups excluding carboxylic acids is 2. The zero-order valence-corrected chi connectivity index (χ0v) is 14.3. The number of benzene rings is 2. The van der Waals surface area contributed by atoms with E-state index in [2.05, 4.69) is 5.32 Å². The van der Waals surface area contributed by atoms with Crippen LogP contribution < -0.4 is 5.32 Å². The minimum Gasteiger partial charge on any atom is -0.332 e. The number of hydrogen-bond acceptors (Lipinski definition) is 2. The Morgan fingerprint density at radius 1 is 1.08 bits per heavy atom. The van der Waals surface area contributed by atoms with Gasteiger partial charge in [0.25, 0.3) is 0 Å². The number of anilines is 1. The third kappa shape index (κ3) is 5.05. The predicted molar refractivity (Wildman–Crippen MR) is 99.8 cm³/mol. The lowest BCUT2D eigenvalue weighted by Crippen LogP contribution is -2.31. The van der Waals surface area contributed by atoms with Crippen molar-refractivity contribution in [3.05, 3.63) is 71.8 Å². The van der Waals surface area contributed by atoms with E-state index in [4.69, 9.17) is 0 Å².